The molecule has 0 radical (unpaired) electrons. The summed E-state index contributed by atoms with van der Waals surface area (Å²) in [6, 6.07) is 8.02. The summed E-state index contributed by atoms with van der Waals surface area (Å²) >= 11 is 0. The van der Waals surface area contributed by atoms with Gasteiger partial charge in [0.2, 0.25) is 5.91 Å². The van der Waals surface area contributed by atoms with E-state index in [2.05, 4.69) is 5.32 Å². The van der Waals surface area contributed by atoms with Crippen molar-refractivity contribution in [2.45, 2.75) is 25.3 Å². The molecule has 2 rings (SSSR count). The van der Waals surface area contributed by atoms with Crippen molar-refractivity contribution in [1.29, 1.82) is 0 Å². The number of nitrogens with one attached hydrogen (secondary N) is 1. The third-order valence-electron chi connectivity index (χ3n) is 3.26. The second kappa shape index (κ2) is 7.36. The molecule has 0 spiro atoms. The van der Waals surface area contributed by atoms with Crippen molar-refractivity contribution in [2.24, 2.45) is 11.7 Å². The van der Waals surface area contributed by atoms with Crippen LogP contribution in [0.5, 0.6) is 5.75 Å². The van der Waals surface area contributed by atoms with E-state index in [1.165, 1.54) is 12.8 Å². The van der Waals surface area contributed by atoms with Gasteiger partial charge in [0.15, 0.2) is 0 Å². The Morgan fingerprint density at radius 3 is 2.53 bits per heavy atom. The van der Waals surface area contributed by atoms with Gasteiger partial charge in [0.05, 0.1) is 13.2 Å². The number of benzene rings is 1. The highest BCUT2D eigenvalue weighted by atomic mass is 35.5. The summed E-state index contributed by atoms with van der Waals surface area (Å²) < 4.78 is 5.14. The normalized spacial score (nSPS) is 15.3. The molecule has 0 heterocycles. The lowest BCUT2D eigenvalue weighted by atomic mass is 10.0. The van der Waals surface area contributed by atoms with E-state index in [4.69, 9.17) is 10.5 Å². The first-order chi connectivity index (χ1) is 8.74. The highest BCUT2D eigenvalue weighted by molar-refractivity contribution is 5.85. The molecule has 1 saturated carbocycles. The van der Waals surface area contributed by atoms with Crippen molar-refractivity contribution in [2.75, 3.05) is 13.7 Å². The van der Waals surface area contributed by atoms with E-state index < -0.39 is 0 Å². The molecule has 1 atom stereocenters. The van der Waals surface area contributed by atoms with Gasteiger partial charge in [-0.25, -0.2) is 0 Å². The first-order valence-electron chi connectivity index (χ1n) is 6.38. The van der Waals surface area contributed by atoms with Gasteiger partial charge in [-0.2, -0.15) is 0 Å². The van der Waals surface area contributed by atoms with Gasteiger partial charge in [0, 0.05) is 13.0 Å². The van der Waals surface area contributed by atoms with Crippen LogP contribution in [0.3, 0.4) is 0 Å². The van der Waals surface area contributed by atoms with Crippen molar-refractivity contribution in [3.8, 4) is 5.75 Å². The van der Waals surface area contributed by atoms with E-state index in [1.54, 1.807) is 7.11 Å². The molecular weight excluding hydrogens is 264 g/mol. The molecule has 19 heavy (non-hydrogen) atoms. The second-order valence-corrected chi connectivity index (χ2v) is 4.69. The predicted molar refractivity (Wildman–Crippen MR) is 77.5 cm³/mol. The number of nitrogens with two attached hydrogens (primary N) is 1. The highest BCUT2D eigenvalue weighted by Crippen LogP contribution is 2.41. The summed E-state index contributed by atoms with van der Waals surface area (Å²) in [5.74, 6) is 1.44. The molecule has 106 valence electrons. The molecule has 4 nitrogen and oxygen atoms in total. The van der Waals surface area contributed by atoms with Crippen LogP contribution in [0, 0.1) is 5.92 Å². The van der Waals surface area contributed by atoms with Crippen LogP contribution in [0.15, 0.2) is 24.3 Å². The minimum Gasteiger partial charge on any atom is -0.497 e. The number of carbonyl (C=O) groups is 1. The summed E-state index contributed by atoms with van der Waals surface area (Å²) in [5.41, 5.74) is 6.54. The van der Waals surface area contributed by atoms with Crippen molar-refractivity contribution >= 4 is 18.3 Å². The Kier molecular flexibility index (Phi) is 6.12. The van der Waals surface area contributed by atoms with Gasteiger partial charge < -0.3 is 15.8 Å². The number of methoxy groups -OCH3 is 1. The van der Waals surface area contributed by atoms with Gasteiger partial charge in [-0.05, 0) is 36.5 Å². The van der Waals surface area contributed by atoms with Gasteiger partial charge in [0.1, 0.15) is 5.75 Å². The van der Waals surface area contributed by atoms with Crippen LogP contribution in [-0.2, 0) is 4.79 Å². The zero-order chi connectivity index (χ0) is 13.0. The third-order valence-corrected chi connectivity index (χ3v) is 3.26. The quantitative estimate of drug-likeness (QED) is 0.840. The number of rotatable bonds is 6. The molecule has 1 aliphatic rings. The van der Waals surface area contributed by atoms with Gasteiger partial charge in [-0.3, -0.25) is 4.79 Å². The van der Waals surface area contributed by atoms with E-state index in [9.17, 15) is 4.79 Å². The largest absolute Gasteiger partial charge is 0.497 e. The highest BCUT2D eigenvalue weighted by Gasteiger charge is 2.33. The van der Waals surface area contributed by atoms with Crippen LogP contribution in [-0.4, -0.2) is 19.6 Å². The lowest BCUT2D eigenvalue weighted by Crippen LogP contribution is -2.31. The molecule has 5 heteroatoms. The second-order valence-electron chi connectivity index (χ2n) is 4.69. The van der Waals surface area contributed by atoms with Gasteiger partial charge in [-0.1, -0.05) is 12.1 Å². The van der Waals surface area contributed by atoms with Crippen molar-refractivity contribution < 1.29 is 9.53 Å². The summed E-state index contributed by atoms with van der Waals surface area (Å²) in [6.45, 7) is 0.395. The van der Waals surface area contributed by atoms with E-state index >= 15 is 0 Å². The molecule has 0 saturated heterocycles. The summed E-state index contributed by atoms with van der Waals surface area (Å²) in [5, 5.41) is 3.07. The average molecular weight is 285 g/mol. The fourth-order valence-corrected chi connectivity index (χ4v) is 2.09. The molecule has 1 amide bonds. The first kappa shape index (κ1) is 15.8. The summed E-state index contributed by atoms with van der Waals surface area (Å²) in [7, 11) is 1.65. The molecular formula is C14H21ClN2O2. The lowest BCUT2D eigenvalue weighted by molar-refractivity contribution is -0.121. The van der Waals surface area contributed by atoms with Crippen LogP contribution in [0.2, 0.25) is 0 Å². The maximum Gasteiger partial charge on any atom is 0.221 e. The molecule has 1 aromatic rings. The van der Waals surface area contributed by atoms with Crippen molar-refractivity contribution in [1.82, 2.24) is 5.32 Å². The molecule has 3 N–H and O–H groups in total. The Morgan fingerprint density at radius 2 is 2.05 bits per heavy atom. The molecule has 0 aromatic heterocycles. The van der Waals surface area contributed by atoms with Gasteiger partial charge >= 0.3 is 0 Å². The van der Waals surface area contributed by atoms with Crippen LogP contribution >= 0.6 is 12.4 Å². The zero-order valence-corrected chi connectivity index (χ0v) is 11.9. The maximum absolute atomic E-state index is 11.7. The van der Waals surface area contributed by atoms with E-state index in [1.807, 2.05) is 24.3 Å². The Hall–Kier alpha value is -1.26. The van der Waals surface area contributed by atoms with Crippen LogP contribution in [0.1, 0.15) is 30.9 Å². The fourth-order valence-electron chi connectivity index (χ4n) is 2.09. The van der Waals surface area contributed by atoms with Gasteiger partial charge in [-0.15, -0.1) is 12.4 Å². The molecule has 1 fully saturated rings. The fraction of sp³-hybridized carbons (Fsp3) is 0.500. The van der Waals surface area contributed by atoms with E-state index in [0.29, 0.717) is 18.9 Å². The monoisotopic (exact) mass is 284 g/mol. The number of carbonyl (C=O) groups excluding carboxylic acids is 1. The van der Waals surface area contributed by atoms with Crippen molar-refractivity contribution in [3.05, 3.63) is 29.8 Å². The Labute approximate surface area is 120 Å². The molecule has 1 aromatic carbocycles. The van der Waals surface area contributed by atoms with E-state index in [-0.39, 0.29) is 24.4 Å². The number of hydrogen-bond acceptors (Lipinski definition) is 3. The smallest absolute Gasteiger partial charge is 0.221 e. The molecule has 1 unspecified atom stereocenters. The van der Waals surface area contributed by atoms with Gasteiger partial charge in [0.25, 0.3) is 0 Å². The van der Waals surface area contributed by atoms with Crippen LogP contribution < -0.4 is 15.8 Å². The van der Waals surface area contributed by atoms with E-state index in [0.717, 1.165) is 11.3 Å². The summed E-state index contributed by atoms with van der Waals surface area (Å²) in [4.78, 5) is 11.7. The first-order valence-corrected chi connectivity index (χ1v) is 6.38. The number of ether oxygens (including phenoxy) is 1. The maximum atomic E-state index is 11.7. The van der Waals surface area contributed by atoms with Crippen LogP contribution in [0.4, 0.5) is 0 Å². The standard InChI is InChI=1S/C14H20N2O2.ClH/c1-18-12-6-4-11(5-7-12)14(10-2-3-10)16-13(17)8-9-15;/h4-7,10,14H,2-3,8-9,15H2,1H3,(H,16,17);1H. The zero-order valence-electron chi connectivity index (χ0n) is 11.1. The molecule has 0 aliphatic heterocycles. The third kappa shape index (κ3) is 4.40. The summed E-state index contributed by atoms with van der Waals surface area (Å²) in [6.07, 6.45) is 2.75. The number of halogens is 1. The van der Waals surface area contributed by atoms with Crippen LogP contribution in [0.25, 0.3) is 0 Å². The SMILES string of the molecule is COc1ccc(C(NC(=O)CCN)C2CC2)cc1.Cl. The predicted octanol–water partition coefficient (Wildman–Crippen LogP) is 2.03. The minimum absolute atomic E-state index is 0. The Balaban J connectivity index is 0.00000180. The average Bonchev–Trinajstić information content (AvgIpc) is 3.21. The van der Waals surface area contributed by atoms with Crippen molar-refractivity contribution in [3.63, 3.8) is 0 Å². The molecule has 1 aliphatic carbocycles. The number of hydrogen-bond donors (Lipinski definition) is 2. The Bertz CT molecular complexity index is 404. The topological polar surface area (TPSA) is 64.3 Å². The minimum atomic E-state index is 0. The molecule has 0 bridgehead atoms. The lowest BCUT2D eigenvalue weighted by Gasteiger charge is -2.19. The number of amides is 1. The Morgan fingerprint density at radius 1 is 1.42 bits per heavy atom.